The number of likely N-dealkylation sites (tertiary alicyclic amines) is 1. The van der Waals surface area contributed by atoms with Crippen LogP contribution < -0.4 is 0 Å². The van der Waals surface area contributed by atoms with Gasteiger partial charge >= 0.3 is 0 Å². The molecule has 2 fully saturated rings. The third-order valence-electron chi connectivity index (χ3n) is 3.37. The summed E-state index contributed by atoms with van der Waals surface area (Å²) in [6.07, 6.45) is 7.30. The van der Waals surface area contributed by atoms with Crippen molar-refractivity contribution in [2.75, 3.05) is 6.54 Å². The highest BCUT2D eigenvalue weighted by atomic mass is 16.2. The third-order valence-corrected chi connectivity index (χ3v) is 3.37. The fraction of sp³-hybridized carbons (Fsp3) is 0.909. The molecule has 1 aliphatic carbocycles. The Bertz CT molecular complexity index is 196. The predicted octanol–water partition coefficient (Wildman–Crippen LogP) is 2.19. The Balaban J connectivity index is 1.95. The molecule has 1 aliphatic heterocycles. The minimum atomic E-state index is 0.402. The predicted molar refractivity (Wildman–Crippen MR) is 52.4 cm³/mol. The first-order chi connectivity index (χ1) is 6.27. The number of hydrogen-bond acceptors (Lipinski definition) is 1. The van der Waals surface area contributed by atoms with E-state index in [-0.39, 0.29) is 0 Å². The summed E-state index contributed by atoms with van der Waals surface area (Å²) in [4.78, 5) is 13.8. The van der Waals surface area contributed by atoms with E-state index >= 15 is 0 Å². The lowest BCUT2D eigenvalue weighted by Gasteiger charge is -2.31. The number of hydrogen-bond donors (Lipinski definition) is 0. The van der Waals surface area contributed by atoms with E-state index in [2.05, 4.69) is 11.8 Å². The molecule has 1 saturated heterocycles. The maximum atomic E-state index is 11.6. The average Bonchev–Trinajstić information content (AvgIpc) is 2.47. The molecule has 1 amide bonds. The molecule has 0 aromatic carbocycles. The number of nitrogens with zero attached hydrogens (tertiary/aromatic N) is 1. The van der Waals surface area contributed by atoms with Crippen molar-refractivity contribution >= 4 is 5.91 Å². The van der Waals surface area contributed by atoms with E-state index in [1.165, 1.54) is 32.1 Å². The molecule has 1 saturated carbocycles. The topological polar surface area (TPSA) is 20.3 Å². The maximum absolute atomic E-state index is 11.6. The van der Waals surface area contributed by atoms with Crippen LogP contribution in [0.15, 0.2) is 0 Å². The molecule has 2 aliphatic rings. The van der Waals surface area contributed by atoms with E-state index in [0.29, 0.717) is 17.9 Å². The molecular weight excluding hydrogens is 162 g/mol. The van der Waals surface area contributed by atoms with Crippen molar-refractivity contribution < 1.29 is 4.79 Å². The Morgan fingerprint density at radius 3 is 2.46 bits per heavy atom. The summed E-state index contributed by atoms with van der Waals surface area (Å²) in [7, 11) is 0. The Hall–Kier alpha value is -0.530. The summed E-state index contributed by atoms with van der Waals surface area (Å²) in [6.45, 7) is 3.20. The van der Waals surface area contributed by atoms with Crippen LogP contribution in [0.2, 0.25) is 0 Å². The second-order valence-electron chi connectivity index (χ2n) is 4.65. The largest absolute Gasteiger partial charge is 0.339 e. The van der Waals surface area contributed by atoms with E-state index in [9.17, 15) is 4.79 Å². The van der Waals surface area contributed by atoms with Crippen LogP contribution in [0.25, 0.3) is 0 Å². The van der Waals surface area contributed by atoms with Crippen molar-refractivity contribution in [3.63, 3.8) is 0 Å². The smallest absolute Gasteiger partial charge is 0.223 e. The molecule has 74 valence electrons. The quantitative estimate of drug-likeness (QED) is 0.607. The van der Waals surface area contributed by atoms with Gasteiger partial charge in [-0.3, -0.25) is 4.79 Å². The van der Waals surface area contributed by atoms with Crippen molar-refractivity contribution in [1.82, 2.24) is 4.90 Å². The number of rotatable bonds is 1. The van der Waals surface area contributed by atoms with Crippen LogP contribution in [0.3, 0.4) is 0 Å². The zero-order valence-corrected chi connectivity index (χ0v) is 8.46. The number of carbonyl (C=O) groups excluding carboxylic acids is 1. The van der Waals surface area contributed by atoms with Crippen LogP contribution in [-0.4, -0.2) is 23.4 Å². The van der Waals surface area contributed by atoms with Crippen molar-refractivity contribution in [2.24, 2.45) is 5.92 Å². The summed E-state index contributed by atoms with van der Waals surface area (Å²) in [6, 6.07) is 0.589. The maximum Gasteiger partial charge on any atom is 0.223 e. The van der Waals surface area contributed by atoms with E-state index in [4.69, 9.17) is 0 Å². The van der Waals surface area contributed by atoms with Crippen LogP contribution in [0.4, 0.5) is 0 Å². The molecule has 0 aromatic rings. The fourth-order valence-corrected chi connectivity index (χ4v) is 2.66. The monoisotopic (exact) mass is 181 g/mol. The summed E-state index contributed by atoms with van der Waals surface area (Å²) < 4.78 is 0. The molecule has 2 nitrogen and oxygen atoms in total. The van der Waals surface area contributed by atoms with Gasteiger partial charge in [0.25, 0.3) is 0 Å². The molecule has 0 unspecified atom stereocenters. The minimum absolute atomic E-state index is 0.402. The SMILES string of the molecule is C[C@H]1CC(=O)N(C2CCCCC2)C1. The lowest BCUT2D eigenvalue weighted by atomic mass is 9.94. The van der Waals surface area contributed by atoms with Crippen LogP contribution in [-0.2, 0) is 4.79 Å². The Morgan fingerprint density at radius 2 is 1.92 bits per heavy atom. The zero-order valence-electron chi connectivity index (χ0n) is 8.46. The second kappa shape index (κ2) is 3.69. The lowest BCUT2D eigenvalue weighted by Crippen LogP contribution is -2.37. The van der Waals surface area contributed by atoms with Gasteiger partial charge in [0.05, 0.1) is 0 Å². The van der Waals surface area contributed by atoms with Gasteiger partial charge in [-0.1, -0.05) is 26.2 Å². The number of carbonyl (C=O) groups is 1. The highest BCUT2D eigenvalue weighted by molar-refractivity contribution is 5.78. The van der Waals surface area contributed by atoms with Gasteiger partial charge in [0.2, 0.25) is 5.91 Å². The minimum Gasteiger partial charge on any atom is -0.339 e. The van der Waals surface area contributed by atoms with Crippen LogP contribution >= 0.6 is 0 Å². The third kappa shape index (κ3) is 1.87. The molecule has 0 aromatic heterocycles. The highest BCUT2D eigenvalue weighted by Gasteiger charge is 2.32. The van der Waals surface area contributed by atoms with Gasteiger partial charge in [-0.25, -0.2) is 0 Å². The fourth-order valence-electron chi connectivity index (χ4n) is 2.66. The average molecular weight is 181 g/mol. The van der Waals surface area contributed by atoms with Crippen LogP contribution in [0.1, 0.15) is 45.4 Å². The van der Waals surface area contributed by atoms with E-state index in [0.717, 1.165) is 13.0 Å². The van der Waals surface area contributed by atoms with Crippen molar-refractivity contribution in [3.8, 4) is 0 Å². The standard InChI is InChI=1S/C11H19NO/c1-9-7-11(13)12(8-9)10-5-3-2-4-6-10/h9-10H,2-8H2,1H3/t9-/m0/s1. The van der Waals surface area contributed by atoms with E-state index in [1.807, 2.05) is 0 Å². The van der Waals surface area contributed by atoms with Gasteiger partial charge in [-0.05, 0) is 18.8 Å². The first kappa shape index (κ1) is 9.04. The van der Waals surface area contributed by atoms with E-state index in [1.54, 1.807) is 0 Å². The van der Waals surface area contributed by atoms with Gasteiger partial charge < -0.3 is 4.90 Å². The van der Waals surface area contributed by atoms with Crippen molar-refractivity contribution in [1.29, 1.82) is 0 Å². The normalized spacial score (nSPS) is 31.3. The van der Waals surface area contributed by atoms with Gasteiger partial charge in [0, 0.05) is 19.0 Å². The summed E-state index contributed by atoms with van der Waals surface area (Å²) >= 11 is 0. The second-order valence-corrected chi connectivity index (χ2v) is 4.65. The molecule has 0 N–H and O–H groups in total. The molecular formula is C11H19NO. The van der Waals surface area contributed by atoms with E-state index < -0.39 is 0 Å². The molecule has 0 spiro atoms. The van der Waals surface area contributed by atoms with Crippen LogP contribution in [0.5, 0.6) is 0 Å². The van der Waals surface area contributed by atoms with Gasteiger partial charge in [0.1, 0.15) is 0 Å². The molecule has 1 heterocycles. The van der Waals surface area contributed by atoms with Crippen molar-refractivity contribution in [3.05, 3.63) is 0 Å². The van der Waals surface area contributed by atoms with Crippen molar-refractivity contribution in [2.45, 2.75) is 51.5 Å². The van der Waals surface area contributed by atoms with Gasteiger partial charge in [-0.15, -0.1) is 0 Å². The lowest BCUT2D eigenvalue weighted by molar-refractivity contribution is -0.130. The zero-order chi connectivity index (χ0) is 9.26. The number of amides is 1. The molecule has 0 bridgehead atoms. The summed E-state index contributed by atoms with van der Waals surface area (Å²) in [5.41, 5.74) is 0. The molecule has 2 heteroatoms. The molecule has 0 radical (unpaired) electrons. The Labute approximate surface area is 80.3 Å². The summed E-state index contributed by atoms with van der Waals surface area (Å²) in [5, 5.41) is 0. The highest BCUT2D eigenvalue weighted by Crippen LogP contribution is 2.28. The molecule has 1 atom stereocenters. The first-order valence-corrected chi connectivity index (χ1v) is 5.57. The molecule has 2 rings (SSSR count). The molecule has 13 heavy (non-hydrogen) atoms. The Morgan fingerprint density at radius 1 is 1.23 bits per heavy atom. The van der Waals surface area contributed by atoms with Gasteiger partial charge in [-0.2, -0.15) is 0 Å². The van der Waals surface area contributed by atoms with Gasteiger partial charge in [0.15, 0.2) is 0 Å². The van der Waals surface area contributed by atoms with Crippen LogP contribution in [0, 0.1) is 5.92 Å². The first-order valence-electron chi connectivity index (χ1n) is 5.57. The summed E-state index contributed by atoms with van der Waals surface area (Å²) in [5.74, 6) is 0.994. The Kier molecular flexibility index (Phi) is 2.56.